The Labute approximate surface area is 112 Å². The Hall–Kier alpha value is -1.27. The zero-order valence-electron chi connectivity index (χ0n) is 10.7. The van der Waals surface area contributed by atoms with Crippen LogP contribution in [0.15, 0.2) is 18.2 Å². The van der Waals surface area contributed by atoms with E-state index in [0.29, 0.717) is 25.0 Å². The molecule has 98 valence electrons. The summed E-state index contributed by atoms with van der Waals surface area (Å²) in [6.45, 7) is 4.14. The molecular formula is C14H17ClFNO. The minimum Gasteiger partial charge on any atom is -0.490 e. The van der Waals surface area contributed by atoms with E-state index in [2.05, 4.69) is 6.07 Å². The third kappa shape index (κ3) is 4.19. The molecule has 2 nitrogen and oxygen atoms in total. The van der Waals surface area contributed by atoms with Crippen molar-refractivity contribution in [1.82, 2.24) is 0 Å². The van der Waals surface area contributed by atoms with Crippen LogP contribution in [0.3, 0.4) is 0 Å². The molecule has 0 aromatic heterocycles. The summed E-state index contributed by atoms with van der Waals surface area (Å²) in [4.78, 5) is 0. The molecule has 0 aliphatic rings. The fourth-order valence-electron chi connectivity index (χ4n) is 1.56. The summed E-state index contributed by atoms with van der Waals surface area (Å²) in [7, 11) is 0. The summed E-state index contributed by atoms with van der Waals surface area (Å²) in [6.07, 6.45) is 1.42. The van der Waals surface area contributed by atoms with Gasteiger partial charge in [-0.2, -0.15) is 5.26 Å². The maximum absolute atomic E-state index is 13.5. The third-order valence-corrected chi connectivity index (χ3v) is 2.98. The smallest absolute Gasteiger partial charge is 0.165 e. The number of para-hydroxylation sites is 1. The highest BCUT2D eigenvalue weighted by Crippen LogP contribution is 2.25. The molecule has 0 amide bonds. The Kier molecular flexibility index (Phi) is 5.43. The zero-order chi connectivity index (χ0) is 13.6. The van der Waals surface area contributed by atoms with Gasteiger partial charge in [0.2, 0.25) is 0 Å². The minimum absolute atomic E-state index is 0.219. The van der Waals surface area contributed by atoms with E-state index < -0.39 is 5.82 Å². The molecule has 0 fully saturated rings. The average molecular weight is 270 g/mol. The van der Waals surface area contributed by atoms with Crippen molar-refractivity contribution >= 4 is 11.6 Å². The van der Waals surface area contributed by atoms with Crippen LogP contribution < -0.4 is 4.74 Å². The maximum atomic E-state index is 13.5. The first kappa shape index (κ1) is 14.8. The summed E-state index contributed by atoms with van der Waals surface area (Å²) in [5.74, 6) is 0.0477. The number of hydrogen-bond donors (Lipinski definition) is 0. The van der Waals surface area contributed by atoms with Gasteiger partial charge in [-0.15, -0.1) is 11.6 Å². The van der Waals surface area contributed by atoms with Crippen molar-refractivity contribution in [3.63, 3.8) is 0 Å². The van der Waals surface area contributed by atoms with E-state index in [1.54, 1.807) is 12.1 Å². The number of rotatable bonds is 6. The molecule has 0 saturated heterocycles. The molecule has 1 aromatic rings. The summed E-state index contributed by atoms with van der Waals surface area (Å²) in [5.41, 5.74) is 0.282. The highest BCUT2D eigenvalue weighted by Gasteiger charge is 2.16. The van der Waals surface area contributed by atoms with Crippen LogP contribution in [0.25, 0.3) is 0 Å². The second kappa shape index (κ2) is 6.61. The van der Waals surface area contributed by atoms with Crippen molar-refractivity contribution in [2.24, 2.45) is 5.41 Å². The van der Waals surface area contributed by atoms with Crippen LogP contribution in [-0.4, -0.2) is 6.61 Å². The van der Waals surface area contributed by atoms with E-state index in [9.17, 15) is 4.39 Å². The third-order valence-electron chi connectivity index (χ3n) is 2.69. The van der Waals surface area contributed by atoms with E-state index in [1.807, 2.05) is 13.8 Å². The molecule has 1 rings (SSSR count). The maximum Gasteiger partial charge on any atom is 0.165 e. The molecular weight excluding hydrogens is 253 g/mol. The normalized spacial score (nSPS) is 11.1. The number of benzene rings is 1. The SMILES string of the molecule is CC(C)(C#N)CCCOc1c(F)cccc1CCl. The highest BCUT2D eigenvalue weighted by atomic mass is 35.5. The lowest BCUT2D eigenvalue weighted by Crippen LogP contribution is -2.10. The summed E-state index contributed by atoms with van der Waals surface area (Å²) < 4.78 is 19.0. The summed E-state index contributed by atoms with van der Waals surface area (Å²) >= 11 is 5.72. The fourth-order valence-corrected chi connectivity index (χ4v) is 1.78. The number of nitrogens with zero attached hydrogens (tertiary/aromatic N) is 1. The van der Waals surface area contributed by atoms with E-state index >= 15 is 0 Å². The van der Waals surface area contributed by atoms with E-state index in [4.69, 9.17) is 21.6 Å². The van der Waals surface area contributed by atoms with Crippen LogP contribution in [0, 0.1) is 22.6 Å². The van der Waals surface area contributed by atoms with Crippen LogP contribution in [0.5, 0.6) is 5.75 Å². The summed E-state index contributed by atoms with van der Waals surface area (Å²) in [6, 6.07) is 6.93. The highest BCUT2D eigenvalue weighted by molar-refractivity contribution is 6.17. The largest absolute Gasteiger partial charge is 0.490 e. The van der Waals surface area contributed by atoms with Gasteiger partial charge >= 0.3 is 0 Å². The van der Waals surface area contributed by atoms with Crippen molar-refractivity contribution in [3.05, 3.63) is 29.6 Å². The van der Waals surface area contributed by atoms with Crippen molar-refractivity contribution in [2.75, 3.05) is 6.61 Å². The average Bonchev–Trinajstić information content (AvgIpc) is 2.36. The molecule has 0 aliphatic heterocycles. The topological polar surface area (TPSA) is 33.0 Å². The van der Waals surface area contributed by atoms with Gasteiger partial charge in [0, 0.05) is 5.56 Å². The predicted molar refractivity (Wildman–Crippen MR) is 70.1 cm³/mol. The van der Waals surface area contributed by atoms with Crippen molar-refractivity contribution in [3.8, 4) is 11.8 Å². The fraction of sp³-hybridized carbons (Fsp3) is 0.500. The van der Waals surface area contributed by atoms with Crippen LogP contribution in [0.2, 0.25) is 0 Å². The van der Waals surface area contributed by atoms with Crippen molar-refractivity contribution in [2.45, 2.75) is 32.6 Å². The Balaban J connectivity index is 2.52. The first-order chi connectivity index (χ1) is 8.50. The first-order valence-corrected chi connectivity index (χ1v) is 6.41. The summed E-state index contributed by atoms with van der Waals surface area (Å²) in [5, 5.41) is 8.87. The molecule has 0 unspecified atom stereocenters. The molecule has 0 radical (unpaired) electrons. The van der Waals surface area contributed by atoms with Crippen LogP contribution in [-0.2, 0) is 5.88 Å². The Bertz CT molecular complexity index is 440. The van der Waals surface area contributed by atoms with Crippen LogP contribution >= 0.6 is 11.6 Å². The van der Waals surface area contributed by atoms with Crippen LogP contribution in [0.4, 0.5) is 4.39 Å². The standard InChI is InChI=1S/C14H17ClFNO/c1-14(2,10-17)7-4-8-18-13-11(9-15)5-3-6-12(13)16/h3,5-6H,4,7-9H2,1-2H3. The predicted octanol–water partition coefficient (Wildman–Crippen LogP) is 4.27. The lowest BCUT2D eigenvalue weighted by molar-refractivity contribution is 0.271. The number of halogens is 2. The molecule has 0 N–H and O–H groups in total. The molecule has 18 heavy (non-hydrogen) atoms. The lowest BCUT2D eigenvalue weighted by Gasteiger charge is -2.15. The first-order valence-electron chi connectivity index (χ1n) is 5.87. The molecule has 0 aliphatic carbocycles. The van der Waals surface area contributed by atoms with Gasteiger partial charge in [-0.3, -0.25) is 0 Å². The Morgan fingerprint density at radius 2 is 2.17 bits per heavy atom. The molecule has 0 atom stereocenters. The molecule has 0 bridgehead atoms. The zero-order valence-corrected chi connectivity index (χ0v) is 11.4. The van der Waals surface area contributed by atoms with Gasteiger partial charge in [-0.1, -0.05) is 12.1 Å². The number of hydrogen-bond acceptors (Lipinski definition) is 2. The van der Waals surface area contributed by atoms with Crippen LogP contribution in [0.1, 0.15) is 32.3 Å². The molecule has 0 heterocycles. The van der Waals surface area contributed by atoms with Gasteiger partial charge in [0.1, 0.15) is 0 Å². The lowest BCUT2D eigenvalue weighted by atomic mass is 9.90. The Morgan fingerprint density at radius 3 is 2.78 bits per heavy atom. The van der Waals surface area contributed by atoms with Gasteiger partial charge in [-0.05, 0) is 32.8 Å². The van der Waals surface area contributed by atoms with Gasteiger partial charge < -0.3 is 4.74 Å². The van der Waals surface area contributed by atoms with E-state index in [1.165, 1.54) is 6.07 Å². The molecule has 0 saturated carbocycles. The number of alkyl halides is 1. The quantitative estimate of drug-likeness (QED) is 0.571. The number of ether oxygens (including phenoxy) is 1. The van der Waals surface area contributed by atoms with Crippen molar-refractivity contribution < 1.29 is 9.13 Å². The molecule has 4 heteroatoms. The molecule has 0 spiro atoms. The minimum atomic E-state index is -0.396. The second-order valence-corrected chi connectivity index (χ2v) is 5.08. The van der Waals surface area contributed by atoms with Gasteiger partial charge in [0.15, 0.2) is 11.6 Å². The monoisotopic (exact) mass is 269 g/mol. The van der Waals surface area contributed by atoms with Gasteiger partial charge in [-0.25, -0.2) is 4.39 Å². The van der Waals surface area contributed by atoms with Crippen molar-refractivity contribution in [1.29, 1.82) is 5.26 Å². The second-order valence-electron chi connectivity index (χ2n) is 4.81. The molecule has 1 aromatic carbocycles. The van der Waals surface area contributed by atoms with E-state index in [-0.39, 0.29) is 17.0 Å². The number of nitriles is 1. The van der Waals surface area contributed by atoms with Gasteiger partial charge in [0.25, 0.3) is 0 Å². The Morgan fingerprint density at radius 1 is 1.44 bits per heavy atom. The van der Waals surface area contributed by atoms with E-state index in [0.717, 1.165) is 0 Å². The van der Waals surface area contributed by atoms with Gasteiger partial charge in [0.05, 0.1) is 24.0 Å².